The Morgan fingerprint density at radius 1 is 1.07 bits per heavy atom. The molecule has 2 aromatic rings. The number of halogens is 1. The molecule has 0 bridgehead atoms. The van der Waals surface area contributed by atoms with Gasteiger partial charge in [-0.1, -0.05) is 6.07 Å². The number of fused-ring (bicyclic) bond motifs is 1. The minimum absolute atomic E-state index is 0.110. The Balaban J connectivity index is 1.38. The Labute approximate surface area is 184 Å². The predicted molar refractivity (Wildman–Crippen MR) is 118 cm³/mol. The maximum atomic E-state index is 13.4. The van der Waals surface area contributed by atoms with Crippen molar-refractivity contribution in [3.05, 3.63) is 46.6 Å². The fourth-order valence-electron chi connectivity index (χ4n) is 4.20. The van der Waals surface area contributed by atoms with Gasteiger partial charge in [0.15, 0.2) is 0 Å². The van der Waals surface area contributed by atoms with E-state index in [1.54, 1.807) is 17.2 Å². The number of rotatable bonds is 4. The van der Waals surface area contributed by atoms with Crippen LogP contribution in [-0.2, 0) is 21.2 Å². The van der Waals surface area contributed by atoms with Crippen LogP contribution in [0.4, 0.5) is 11.5 Å². The lowest BCUT2D eigenvalue weighted by molar-refractivity contribution is -0.119. The third-order valence-electron chi connectivity index (χ3n) is 6.05. The third kappa shape index (κ3) is 3.52. The molecular weight excluding hydrogens is 468 g/mol. The molecule has 3 heterocycles. The summed E-state index contributed by atoms with van der Waals surface area (Å²) in [5.41, 5.74) is 1.77. The molecule has 5 rings (SSSR count). The number of anilines is 2. The standard InChI is InChI=1S/C21H23BrN4O3S/c22-17-13-16-6-8-26(21(27)15-4-5-15)18(16)14-19(17)30(28,29)25-11-9-24(10-12-25)20-3-1-2-7-23-20/h1-3,7,13-15H,4-6,8-12H2. The van der Waals surface area contributed by atoms with E-state index in [2.05, 4.69) is 25.8 Å². The largest absolute Gasteiger partial charge is 0.354 e. The fourth-order valence-corrected chi connectivity index (χ4v) is 6.70. The summed E-state index contributed by atoms with van der Waals surface area (Å²) in [5, 5.41) is 0. The smallest absolute Gasteiger partial charge is 0.244 e. The number of hydrogen-bond acceptors (Lipinski definition) is 5. The quantitative estimate of drug-likeness (QED) is 0.658. The van der Waals surface area contributed by atoms with E-state index in [0.717, 1.165) is 36.3 Å². The molecule has 2 aliphatic heterocycles. The van der Waals surface area contributed by atoms with Gasteiger partial charge in [-0.2, -0.15) is 4.31 Å². The first-order valence-corrected chi connectivity index (χ1v) is 12.5. The lowest BCUT2D eigenvalue weighted by atomic mass is 10.2. The van der Waals surface area contributed by atoms with Gasteiger partial charge in [-0.15, -0.1) is 0 Å². The van der Waals surface area contributed by atoms with Crippen LogP contribution in [0.25, 0.3) is 0 Å². The SMILES string of the molecule is O=C(C1CC1)N1CCc2cc(Br)c(S(=O)(=O)N3CCN(c4ccccn4)CC3)cc21. The number of carbonyl (C=O) groups is 1. The Kier molecular flexibility index (Phi) is 5.07. The zero-order valence-electron chi connectivity index (χ0n) is 16.5. The number of sulfonamides is 1. The van der Waals surface area contributed by atoms with Gasteiger partial charge < -0.3 is 9.80 Å². The molecule has 0 N–H and O–H groups in total. The fraction of sp³-hybridized carbons (Fsp3) is 0.429. The summed E-state index contributed by atoms with van der Waals surface area (Å²) in [6.45, 7) is 2.60. The minimum atomic E-state index is -3.67. The highest BCUT2D eigenvalue weighted by molar-refractivity contribution is 9.10. The first kappa shape index (κ1) is 20.0. The van der Waals surface area contributed by atoms with Crippen LogP contribution in [0.5, 0.6) is 0 Å². The van der Waals surface area contributed by atoms with E-state index in [-0.39, 0.29) is 16.7 Å². The number of pyridine rings is 1. The number of aromatic nitrogens is 1. The van der Waals surface area contributed by atoms with Crippen LogP contribution in [0.2, 0.25) is 0 Å². The Hall–Kier alpha value is -1.97. The van der Waals surface area contributed by atoms with E-state index >= 15 is 0 Å². The molecule has 1 aromatic carbocycles. The highest BCUT2D eigenvalue weighted by atomic mass is 79.9. The maximum Gasteiger partial charge on any atom is 0.244 e. The molecule has 1 saturated heterocycles. The van der Waals surface area contributed by atoms with Crippen molar-refractivity contribution in [3.8, 4) is 0 Å². The summed E-state index contributed by atoms with van der Waals surface area (Å²) >= 11 is 3.47. The van der Waals surface area contributed by atoms with Gasteiger partial charge >= 0.3 is 0 Å². The molecule has 1 aromatic heterocycles. The second-order valence-electron chi connectivity index (χ2n) is 8.00. The maximum absolute atomic E-state index is 13.4. The van der Waals surface area contributed by atoms with Crippen molar-refractivity contribution in [2.24, 2.45) is 5.92 Å². The highest BCUT2D eigenvalue weighted by Gasteiger charge is 2.38. The van der Waals surface area contributed by atoms with Gasteiger partial charge in [-0.3, -0.25) is 4.79 Å². The molecule has 0 radical (unpaired) electrons. The molecule has 1 aliphatic carbocycles. The normalized spacial score (nSPS) is 19.8. The minimum Gasteiger partial charge on any atom is -0.354 e. The summed E-state index contributed by atoms with van der Waals surface area (Å²) < 4.78 is 29.0. The molecular formula is C21H23BrN4O3S. The van der Waals surface area contributed by atoms with E-state index in [0.29, 0.717) is 37.2 Å². The topological polar surface area (TPSA) is 73.8 Å². The molecule has 7 nitrogen and oxygen atoms in total. The third-order valence-corrected chi connectivity index (χ3v) is 8.91. The molecule has 30 heavy (non-hydrogen) atoms. The second-order valence-corrected chi connectivity index (χ2v) is 10.8. The van der Waals surface area contributed by atoms with Gasteiger partial charge in [-0.05, 0) is 65.0 Å². The van der Waals surface area contributed by atoms with Crippen LogP contribution < -0.4 is 9.80 Å². The summed E-state index contributed by atoms with van der Waals surface area (Å²) in [6.07, 6.45) is 4.38. The number of piperazine rings is 1. The van der Waals surface area contributed by atoms with Crippen LogP contribution in [-0.4, -0.2) is 56.3 Å². The monoisotopic (exact) mass is 490 g/mol. The van der Waals surface area contributed by atoms with Crippen LogP contribution in [0.1, 0.15) is 18.4 Å². The zero-order valence-corrected chi connectivity index (χ0v) is 18.9. The van der Waals surface area contributed by atoms with E-state index in [4.69, 9.17) is 0 Å². The number of nitrogens with zero attached hydrogens (tertiary/aromatic N) is 4. The van der Waals surface area contributed by atoms with E-state index in [1.807, 2.05) is 24.3 Å². The number of carbonyl (C=O) groups excluding carboxylic acids is 1. The number of hydrogen-bond donors (Lipinski definition) is 0. The Bertz CT molecular complexity index is 1080. The van der Waals surface area contributed by atoms with Crippen molar-refractivity contribution >= 4 is 43.4 Å². The Morgan fingerprint density at radius 2 is 1.83 bits per heavy atom. The van der Waals surface area contributed by atoms with Crippen molar-refractivity contribution in [1.29, 1.82) is 0 Å². The van der Waals surface area contributed by atoms with Crippen molar-refractivity contribution in [2.75, 3.05) is 42.5 Å². The zero-order chi connectivity index (χ0) is 20.9. The van der Waals surface area contributed by atoms with Crippen molar-refractivity contribution in [3.63, 3.8) is 0 Å². The molecule has 0 unspecified atom stereocenters. The highest BCUT2D eigenvalue weighted by Crippen LogP contribution is 2.40. The molecule has 1 saturated carbocycles. The van der Waals surface area contributed by atoms with Crippen LogP contribution in [0, 0.1) is 5.92 Å². The average Bonchev–Trinajstić information content (AvgIpc) is 3.53. The molecule has 0 atom stereocenters. The predicted octanol–water partition coefficient (Wildman–Crippen LogP) is 2.65. The summed E-state index contributed by atoms with van der Waals surface area (Å²) in [5.74, 6) is 1.10. The lowest BCUT2D eigenvalue weighted by Crippen LogP contribution is -2.49. The first-order chi connectivity index (χ1) is 14.4. The van der Waals surface area contributed by atoms with E-state index in [1.165, 1.54) is 4.31 Å². The van der Waals surface area contributed by atoms with Crippen LogP contribution in [0.3, 0.4) is 0 Å². The summed E-state index contributed by atoms with van der Waals surface area (Å²) in [6, 6.07) is 9.29. The molecule has 1 amide bonds. The van der Waals surface area contributed by atoms with Gasteiger partial charge in [0, 0.05) is 55.0 Å². The molecule has 158 valence electrons. The number of amides is 1. The van der Waals surface area contributed by atoms with Crippen LogP contribution in [0.15, 0.2) is 45.9 Å². The molecule has 3 aliphatic rings. The van der Waals surface area contributed by atoms with Crippen molar-refractivity contribution in [2.45, 2.75) is 24.2 Å². The Morgan fingerprint density at radius 3 is 2.50 bits per heavy atom. The van der Waals surface area contributed by atoms with Gasteiger partial charge in [-0.25, -0.2) is 13.4 Å². The van der Waals surface area contributed by atoms with E-state index < -0.39 is 10.0 Å². The number of benzene rings is 1. The molecule has 2 fully saturated rings. The molecule has 9 heteroatoms. The van der Waals surface area contributed by atoms with Gasteiger partial charge in [0.25, 0.3) is 0 Å². The summed E-state index contributed by atoms with van der Waals surface area (Å²) in [7, 11) is -3.67. The average molecular weight is 491 g/mol. The summed E-state index contributed by atoms with van der Waals surface area (Å²) in [4.78, 5) is 21.1. The molecule has 0 spiro atoms. The van der Waals surface area contributed by atoms with Gasteiger partial charge in [0.05, 0.1) is 4.90 Å². The van der Waals surface area contributed by atoms with E-state index in [9.17, 15) is 13.2 Å². The van der Waals surface area contributed by atoms with Crippen molar-refractivity contribution in [1.82, 2.24) is 9.29 Å². The van der Waals surface area contributed by atoms with Crippen LogP contribution >= 0.6 is 15.9 Å². The lowest BCUT2D eigenvalue weighted by Gasteiger charge is -2.34. The van der Waals surface area contributed by atoms with Gasteiger partial charge in [0.1, 0.15) is 5.82 Å². The second kappa shape index (κ2) is 7.62. The first-order valence-electron chi connectivity index (χ1n) is 10.2. The van der Waals surface area contributed by atoms with Gasteiger partial charge in [0.2, 0.25) is 15.9 Å². The van der Waals surface area contributed by atoms with Crippen molar-refractivity contribution < 1.29 is 13.2 Å².